The molecular weight excluding hydrogens is 408 g/mol. The summed E-state index contributed by atoms with van der Waals surface area (Å²) in [6.07, 6.45) is 1.59. The molecule has 2 amide bonds. The smallest absolute Gasteiger partial charge is 0.273 e. The van der Waals surface area contributed by atoms with Gasteiger partial charge in [-0.3, -0.25) is 20.4 Å². The summed E-state index contributed by atoms with van der Waals surface area (Å²) in [7, 11) is 1.57. The first-order chi connectivity index (χ1) is 15.6. The van der Waals surface area contributed by atoms with Crippen molar-refractivity contribution in [2.45, 2.75) is 0 Å². The van der Waals surface area contributed by atoms with Crippen molar-refractivity contribution in [2.75, 3.05) is 7.11 Å². The monoisotopic (exact) mass is 428 g/mol. The molecule has 8 heteroatoms. The van der Waals surface area contributed by atoms with Crippen LogP contribution in [0.4, 0.5) is 0 Å². The zero-order chi connectivity index (χ0) is 22.5. The van der Waals surface area contributed by atoms with Crippen LogP contribution in [0.1, 0.15) is 20.7 Å². The number of phenols is 1. The van der Waals surface area contributed by atoms with Crippen LogP contribution >= 0.6 is 0 Å². The maximum absolute atomic E-state index is 13.0. The van der Waals surface area contributed by atoms with E-state index in [-0.39, 0.29) is 16.9 Å². The highest BCUT2D eigenvalue weighted by Crippen LogP contribution is 2.26. The molecule has 4 aromatic rings. The maximum atomic E-state index is 13.0. The minimum Gasteiger partial charge on any atom is -0.507 e. The van der Waals surface area contributed by atoms with E-state index in [1.54, 1.807) is 54.4 Å². The lowest BCUT2D eigenvalue weighted by Crippen LogP contribution is -2.41. The lowest BCUT2D eigenvalue weighted by atomic mass is 10.1. The first-order valence-corrected chi connectivity index (χ1v) is 9.75. The number of para-hydroxylation sites is 2. The Morgan fingerprint density at radius 3 is 2.12 bits per heavy atom. The van der Waals surface area contributed by atoms with Crippen LogP contribution < -0.4 is 15.6 Å². The van der Waals surface area contributed by atoms with Crippen LogP contribution in [0.3, 0.4) is 0 Å². The molecule has 0 aliphatic heterocycles. The summed E-state index contributed by atoms with van der Waals surface area (Å²) < 4.78 is 6.80. The Balaban J connectivity index is 1.63. The minimum absolute atomic E-state index is 0.0446. The van der Waals surface area contributed by atoms with Gasteiger partial charge in [-0.15, -0.1) is 0 Å². The number of rotatable bonds is 5. The summed E-state index contributed by atoms with van der Waals surface area (Å²) in [6.45, 7) is 0. The number of methoxy groups -OCH3 is 1. The fraction of sp³-hybridized carbons (Fsp3) is 0.0417. The highest BCUT2D eigenvalue weighted by molar-refractivity contribution is 6.03. The molecule has 0 aliphatic rings. The van der Waals surface area contributed by atoms with E-state index in [0.717, 1.165) is 5.69 Å². The number of carbonyl (C=O) groups is 2. The van der Waals surface area contributed by atoms with Gasteiger partial charge in [-0.1, -0.05) is 30.3 Å². The third-order valence-electron chi connectivity index (χ3n) is 4.78. The Morgan fingerprint density at radius 1 is 0.844 bits per heavy atom. The van der Waals surface area contributed by atoms with Crippen molar-refractivity contribution in [1.82, 2.24) is 20.6 Å². The number of carbonyl (C=O) groups excluding carboxylic acids is 2. The van der Waals surface area contributed by atoms with Crippen molar-refractivity contribution in [1.29, 1.82) is 0 Å². The summed E-state index contributed by atoms with van der Waals surface area (Å²) in [5.74, 6) is -0.702. The lowest BCUT2D eigenvalue weighted by molar-refractivity contribution is 0.0845. The number of aromatic nitrogens is 2. The summed E-state index contributed by atoms with van der Waals surface area (Å²) in [6, 6.07) is 22.6. The average Bonchev–Trinajstić information content (AvgIpc) is 3.29. The van der Waals surface area contributed by atoms with Crippen LogP contribution in [-0.2, 0) is 0 Å². The number of hydrogen-bond acceptors (Lipinski definition) is 5. The predicted octanol–water partition coefficient (Wildman–Crippen LogP) is 3.33. The molecule has 0 fully saturated rings. The van der Waals surface area contributed by atoms with E-state index in [0.29, 0.717) is 17.0 Å². The second-order valence-electron chi connectivity index (χ2n) is 6.83. The van der Waals surface area contributed by atoms with Crippen molar-refractivity contribution < 1.29 is 19.4 Å². The Hall–Kier alpha value is -4.59. The van der Waals surface area contributed by atoms with Gasteiger partial charge >= 0.3 is 0 Å². The molecular formula is C24H20N4O4. The van der Waals surface area contributed by atoms with Crippen LogP contribution in [-0.4, -0.2) is 33.8 Å². The quantitative estimate of drug-likeness (QED) is 0.423. The summed E-state index contributed by atoms with van der Waals surface area (Å²) in [5, 5.41) is 14.4. The fourth-order valence-electron chi connectivity index (χ4n) is 3.13. The normalized spacial score (nSPS) is 10.4. The molecule has 0 radical (unpaired) electrons. The van der Waals surface area contributed by atoms with E-state index >= 15 is 0 Å². The largest absolute Gasteiger partial charge is 0.507 e. The summed E-state index contributed by atoms with van der Waals surface area (Å²) in [5.41, 5.74) is 6.95. The number of nitrogens with one attached hydrogen (secondary N) is 2. The van der Waals surface area contributed by atoms with Crippen LogP contribution in [0, 0.1) is 0 Å². The zero-order valence-electron chi connectivity index (χ0n) is 17.1. The van der Waals surface area contributed by atoms with Gasteiger partial charge < -0.3 is 9.84 Å². The highest BCUT2D eigenvalue weighted by Gasteiger charge is 2.20. The molecule has 0 spiro atoms. The Morgan fingerprint density at radius 2 is 1.47 bits per heavy atom. The highest BCUT2D eigenvalue weighted by atomic mass is 16.5. The molecule has 1 heterocycles. The third kappa shape index (κ3) is 4.29. The Bertz CT molecular complexity index is 1250. The average molecular weight is 428 g/mol. The molecule has 0 atom stereocenters. The van der Waals surface area contributed by atoms with Gasteiger partial charge in [0, 0.05) is 11.8 Å². The van der Waals surface area contributed by atoms with E-state index < -0.39 is 11.8 Å². The first-order valence-electron chi connectivity index (χ1n) is 9.75. The predicted molar refractivity (Wildman–Crippen MR) is 119 cm³/mol. The molecule has 0 bridgehead atoms. The van der Waals surface area contributed by atoms with E-state index in [9.17, 15) is 14.7 Å². The fourth-order valence-corrected chi connectivity index (χ4v) is 3.13. The molecule has 1 aromatic heterocycles. The van der Waals surface area contributed by atoms with Gasteiger partial charge in [0.05, 0.1) is 23.9 Å². The van der Waals surface area contributed by atoms with Gasteiger partial charge in [0.15, 0.2) is 0 Å². The van der Waals surface area contributed by atoms with E-state index in [1.165, 1.54) is 12.1 Å². The van der Waals surface area contributed by atoms with Gasteiger partial charge in [0.1, 0.15) is 17.2 Å². The standard InChI is InChI=1S/C24H20N4O4/c1-32-18-13-11-16(12-14-18)22-20(15-28(27-22)17-7-3-2-4-8-17)24(31)26-25-23(30)19-9-5-6-10-21(19)29/h2-15,29H,1H3,(H,25,30)(H,26,31). The van der Waals surface area contributed by atoms with Crippen molar-refractivity contribution >= 4 is 11.8 Å². The molecule has 8 nitrogen and oxygen atoms in total. The van der Waals surface area contributed by atoms with Gasteiger partial charge in [-0.05, 0) is 48.5 Å². The van der Waals surface area contributed by atoms with Gasteiger partial charge in [0.2, 0.25) is 0 Å². The van der Waals surface area contributed by atoms with Crippen molar-refractivity contribution in [3.63, 3.8) is 0 Å². The minimum atomic E-state index is -0.641. The molecule has 3 N–H and O–H groups in total. The maximum Gasteiger partial charge on any atom is 0.273 e. The van der Waals surface area contributed by atoms with Crippen molar-refractivity contribution in [3.05, 3.63) is 96.2 Å². The Kier molecular flexibility index (Phi) is 5.85. The van der Waals surface area contributed by atoms with Crippen molar-refractivity contribution in [3.8, 4) is 28.4 Å². The van der Waals surface area contributed by atoms with Crippen LogP contribution in [0.5, 0.6) is 11.5 Å². The number of hydrazine groups is 1. The van der Waals surface area contributed by atoms with Crippen LogP contribution in [0.2, 0.25) is 0 Å². The summed E-state index contributed by atoms with van der Waals surface area (Å²) in [4.78, 5) is 25.3. The molecule has 0 saturated carbocycles. The molecule has 0 aliphatic carbocycles. The molecule has 3 aromatic carbocycles. The number of hydrogen-bond donors (Lipinski definition) is 3. The number of aromatic hydroxyl groups is 1. The number of benzene rings is 3. The Labute approximate surface area is 184 Å². The van der Waals surface area contributed by atoms with Gasteiger partial charge in [0.25, 0.3) is 11.8 Å². The zero-order valence-corrected chi connectivity index (χ0v) is 17.1. The van der Waals surface area contributed by atoms with Gasteiger partial charge in [-0.2, -0.15) is 5.10 Å². The van der Waals surface area contributed by atoms with Crippen LogP contribution in [0.25, 0.3) is 16.9 Å². The summed E-state index contributed by atoms with van der Waals surface area (Å²) >= 11 is 0. The number of amides is 2. The van der Waals surface area contributed by atoms with E-state index in [1.807, 2.05) is 30.3 Å². The molecule has 4 rings (SSSR count). The molecule has 0 unspecified atom stereocenters. The number of nitrogens with zero attached hydrogens (tertiary/aromatic N) is 2. The second-order valence-corrected chi connectivity index (χ2v) is 6.83. The van der Waals surface area contributed by atoms with Crippen LogP contribution in [0.15, 0.2) is 85.1 Å². The molecule has 32 heavy (non-hydrogen) atoms. The first kappa shape index (κ1) is 20.7. The third-order valence-corrected chi connectivity index (χ3v) is 4.78. The van der Waals surface area contributed by atoms with Crippen molar-refractivity contribution in [2.24, 2.45) is 0 Å². The lowest BCUT2D eigenvalue weighted by Gasteiger charge is -2.08. The van der Waals surface area contributed by atoms with E-state index in [4.69, 9.17) is 4.74 Å². The van der Waals surface area contributed by atoms with Gasteiger partial charge in [-0.25, -0.2) is 4.68 Å². The van der Waals surface area contributed by atoms with E-state index in [2.05, 4.69) is 16.0 Å². The molecule has 0 saturated heterocycles. The SMILES string of the molecule is COc1ccc(-c2nn(-c3ccccc3)cc2C(=O)NNC(=O)c2ccccc2O)cc1. The topological polar surface area (TPSA) is 105 Å². The number of phenolic OH excluding ortho intramolecular Hbond substituents is 1. The second kappa shape index (κ2) is 9.05. The molecule has 160 valence electrons. The number of ether oxygens (including phenoxy) is 1.